The molecule has 162 valence electrons. The van der Waals surface area contributed by atoms with E-state index in [9.17, 15) is 14.0 Å². The van der Waals surface area contributed by atoms with Gasteiger partial charge in [-0.05, 0) is 51.3 Å². The molecule has 0 aliphatic carbocycles. The minimum Gasteiger partial charge on any atom is -0.481 e. The number of para-hydroxylation sites is 1. The zero-order valence-electron chi connectivity index (χ0n) is 18.2. The van der Waals surface area contributed by atoms with Crippen molar-refractivity contribution < 1.29 is 18.7 Å². The van der Waals surface area contributed by atoms with E-state index in [1.807, 2.05) is 58.0 Å². The van der Waals surface area contributed by atoms with Gasteiger partial charge in [-0.3, -0.25) is 9.59 Å². The van der Waals surface area contributed by atoms with Crippen LogP contribution in [0.25, 0.3) is 0 Å². The summed E-state index contributed by atoms with van der Waals surface area (Å²) in [5, 5.41) is 2.95. The van der Waals surface area contributed by atoms with E-state index in [4.69, 9.17) is 4.74 Å². The average molecular weight is 415 g/mol. The number of amides is 2. The Balaban J connectivity index is 2.16. The molecule has 2 amide bonds. The molecule has 0 aromatic heterocycles. The third kappa shape index (κ3) is 7.17. The maximum absolute atomic E-state index is 13.8. The van der Waals surface area contributed by atoms with E-state index in [1.165, 1.54) is 17.0 Å². The van der Waals surface area contributed by atoms with Crippen molar-refractivity contribution in [2.45, 2.75) is 52.1 Å². The molecule has 30 heavy (non-hydrogen) atoms. The van der Waals surface area contributed by atoms with Gasteiger partial charge in [0.15, 0.2) is 18.2 Å². The first-order valence-corrected chi connectivity index (χ1v) is 10.2. The summed E-state index contributed by atoms with van der Waals surface area (Å²) in [6, 6.07) is 15.1. The molecule has 0 radical (unpaired) electrons. The van der Waals surface area contributed by atoms with Crippen molar-refractivity contribution in [3.05, 3.63) is 66.0 Å². The Morgan fingerprint density at radius 2 is 1.70 bits per heavy atom. The fourth-order valence-corrected chi connectivity index (χ4v) is 3.13. The third-order valence-electron chi connectivity index (χ3n) is 4.56. The highest BCUT2D eigenvalue weighted by molar-refractivity contribution is 5.88. The fourth-order valence-electron chi connectivity index (χ4n) is 3.13. The Morgan fingerprint density at radius 1 is 1.07 bits per heavy atom. The lowest BCUT2D eigenvalue weighted by atomic mass is 10.1. The van der Waals surface area contributed by atoms with Crippen molar-refractivity contribution >= 4 is 11.8 Å². The SMILES string of the molecule is CC[C@H](C(=O)NC(C)(C)C)N(CCc1ccccc1)C(=O)COc1ccccc1F. The van der Waals surface area contributed by atoms with Crippen LogP contribution in [0.4, 0.5) is 4.39 Å². The van der Waals surface area contributed by atoms with E-state index >= 15 is 0 Å². The number of nitrogens with one attached hydrogen (secondary N) is 1. The largest absolute Gasteiger partial charge is 0.481 e. The highest BCUT2D eigenvalue weighted by Crippen LogP contribution is 2.16. The molecule has 2 rings (SSSR count). The predicted octanol–water partition coefficient (Wildman–Crippen LogP) is 3.97. The van der Waals surface area contributed by atoms with Crippen LogP contribution < -0.4 is 10.1 Å². The lowest BCUT2D eigenvalue weighted by molar-refractivity contribution is -0.142. The molecule has 0 aliphatic heterocycles. The molecule has 0 bridgehead atoms. The molecule has 0 heterocycles. The van der Waals surface area contributed by atoms with Crippen molar-refractivity contribution in [3.8, 4) is 5.75 Å². The molecular weight excluding hydrogens is 383 g/mol. The van der Waals surface area contributed by atoms with Gasteiger partial charge in [0.2, 0.25) is 5.91 Å². The minimum atomic E-state index is -0.635. The van der Waals surface area contributed by atoms with Crippen LogP contribution in [-0.2, 0) is 16.0 Å². The maximum atomic E-state index is 13.8. The highest BCUT2D eigenvalue weighted by Gasteiger charge is 2.30. The molecule has 0 saturated heterocycles. The van der Waals surface area contributed by atoms with Crippen LogP contribution in [0.3, 0.4) is 0 Å². The molecule has 0 spiro atoms. The second-order valence-corrected chi connectivity index (χ2v) is 8.21. The topological polar surface area (TPSA) is 58.6 Å². The Hall–Kier alpha value is -2.89. The van der Waals surface area contributed by atoms with Gasteiger partial charge < -0.3 is 15.0 Å². The molecule has 0 unspecified atom stereocenters. The summed E-state index contributed by atoms with van der Waals surface area (Å²) >= 11 is 0. The van der Waals surface area contributed by atoms with Crippen LogP contribution in [0.5, 0.6) is 5.75 Å². The molecule has 1 atom stereocenters. The number of carbonyl (C=O) groups excluding carboxylic acids is 2. The van der Waals surface area contributed by atoms with Crippen molar-refractivity contribution in [1.29, 1.82) is 0 Å². The quantitative estimate of drug-likeness (QED) is 0.676. The van der Waals surface area contributed by atoms with Gasteiger partial charge in [-0.25, -0.2) is 4.39 Å². The number of halogens is 1. The summed E-state index contributed by atoms with van der Waals surface area (Å²) in [5.74, 6) is -1.08. The van der Waals surface area contributed by atoms with E-state index in [0.29, 0.717) is 19.4 Å². The van der Waals surface area contributed by atoms with Crippen LogP contribution in [-0.4, -0.2) is 41.4 Å². The van der Waals surface area contributed by atoms with Crippen molar-refractivity contribution in [2.24, 2.45) is 0 Å². The molecule has 0 aliphatic rings. The first kappa shape index (κ1) is 23.4. The van der Waals surface area contributed by atoms with Gasteiger partial charge >= 0.3 is 0 Å². The van der Waals surface area contributed by atoms with Crippen LogP contribution >= 0.6 is 0 Å². The summed E-state index contributed by atoms with van der Waals surface area (Å²) in [6.45, 7) is 7.58. The van der Waals surface area contributed by atoms with Gasteiger partial charge in [0, 0.05) is 12.1 Å². The number of nitrogens with zero attached hydrogens (tertiary/aromatic N) is 1. The van der Waals surface area contributed by atoms with Gasteiger partial charge in [-0.15, -0.1) is 0 Å². The summed E-state index contributed by atoms with van der Waals surface area (Å²) in [4.78, 5) is 27.4. The number of hydrogen-bond acceptors (Lipinski definition) is 3. The Labute approximate surface area is 178 Å². The zero-order valence-corrected chi connectivity index (χ0v) is 18.2. The second-order valence-electron chi connectivity index (χ2n) is 8.21. The highest BCUT2D eigenvalue weighted by atomic mass is 19.1. The summed E-state index contributed by atoms with van der Waals surface area (Å²) < 4.78 is 19.2. The molecule has 2 aromatic rings. The molecule has 5 nitrogen and oxygen atoms in total. The van der Waals surface area contributed by atoms with Crippen molar-refractivity contribution in [3.63, 3.8) is 0 Å². The van der Waals surface area contributed by atoms with Crippen LogP contribution in [0, 0.1) is 5.82 Å². The number of ether oxygens (including phenoxy) is 1. The smallest absolute Gasteiger partial charge is 0.261 e. The molecular formula is C24H31FN2O3. The number of benzene rings is 2. The molecule has 0 saturated carbocycles. The zero-order chi connectivity index (χ0) is 22.1. The van der Waals surface area contributed by atoms with Crippen LogP contribution in [0.15, 0.2) is 54.6 Å². The average Bonchev–Trinajstić information content (AvgIpc) is 2.69. The summed E-state index contributed by atoms with van der Waals surface area (Å²) in [5.41, 5.74) is 0.652. The first-order valence-electron chi connectivity index (χ1n) is 10.2. The van der Waals surface area contributed by atoms with E-state index in [1.54, 1.807) is 12.1 Å². The first-order chi connectivity index (χ1) is 14.2. The second kappa shape index (κ2) is 10.8. The third-order valence-corrected chi connectivity index (χ3v) is 4.56. The normalized spacial score (nSPS) is 12.2. The van der Waals surface area contributed by atoms with Crippen molar-refractivity contribution in [1.82, 2.24) is 10.2 Å². The van der Waals surface area contributed by atoms with E-state index < -0.39 is 17.4 Å². The minimum absolute atomic E-state index is 0.0149. The Kier molecular flexibility index (Phi) is 8.39. The standard InChI is InChI=1S/C24H31FN2O3/c1-5-20(23(29)26-24(2,3)4)27(16-15-18-11-7-6-8-12-18)22(28)17-30-21-14-10-9-13-19(21)25/h6-14,20H,5,15-17H2,1-4H3,(H,26,29)/t20-/m1/s1. The number of rotatable bonds is 9. The van der Waals surface area contributed by atoms with E-state index in [2.05, 4.69) is 5.32 Å². The predicted molar refractivity (Wildman–Crippen MR) is 116 cm³/mol. The van der Waals surface area contributed by atoms with Gasteiger partial charge in [0.05, 0.1) is 0 Å². The molecule has 2 aromatic carbocycles. The summed E-state index contributed by atoms with van der Waals surface area (Å²) in [6.07, 6.45) is 1.06. The van der Waals surface area contributed by atoms with Crippen LogP contribution in [0.1, 0.15) is 39.7 Å². The molecule has 0 fully saturated rings. The van der Waals surface area contributed by atoms with Crippen LogP contribution in [0.2, 0.25) is 0 Å². The van der Waals surface area contributed by atoms with Gasteiger partial charge in [0.1, 0.15) is 6.04 Å². The summed E-state index contributed by atoms with van der Waals surface area (Å²) in [7, 11) is 0. The van der Waals surface area contributed by atoms with Crippen molar-refractivity contribution in [2.75, 3.05) is 13.2 Å². The number of hydrogen-bond donors (Lipinski definition) is 1. The monoisotopic (exact) mass is 414 g/mol. The Bertz CT molecular complexity index is 834. The lowest BCUT2D eigenvalue weighted by Gasteiger charge is -2.33. The Morgan fingerprint density at radius 3 is 2.30 bits per heavy atom. The van der Waals surface area contributed by atoms with Gasteiger partial charge in [-0.2, -0.15) is 0 Å². The van der Waals surface area contributed by atoms with Gasteiger partial charge in [0.25, 0.3) is 5.91 Å². The maximum Gasteiger partial charge on any atom is 0.261 e. The van der Waals surface area contributed by atoms with E-state index in [-0.39, 0.29) is 24.2 Å². The molecule has 1 N–H and O–H groups in total. The number of carbonyl (C=O) groups is 2. The fraction of sp³-hybridized carbons (Fsp3) is 0.417. The van der Waals surface area contributed by atoms with E-state index in [0.717, 1.165) is 5.56 Å². The van der Waals surface area contributed by atoms with Gasteiger partial charge in [-0.1, -0.05) is 49.4 Å². The molecule has 6 heteroatoms. The lowest BCUT2D eigenvalue weighted by Crippen LogP contribution is -2.54.